The van der Waals surface area contributed by atoms with Crippen molar-refractivity contribution in [2.45, 2.75) is 19.4 Å². The van der Waals surface area contributed by atoms with Crippen molar-refractivity contribution in [1.82, 2.24) is 5.32 Å². The molecule has 0 heterocycles. The zero-order valence-corrected chi connectivity index (χ0v) is 10.5. The van der Waals surface area contributed by atoms with E-state index in [2.05, 4.69) is 16.6 Å². The number of hydrogen-bond acceptors (Lipinski definition) is 3. The molecule has 1 aromatic carbocycles. The van der Waals surface area contributed by atoms with E-state index in [1.807, 2.05) is 0 Å². The summed E-state index contributed by atoms with van der Waals surface area (Å²) < 4.78 is 0. The Morgan fingerprint density at radius 3 is 2.53 bits per heavy atom. The number of anilines is 1. The van der Waals surface area contributed by atoms with Crippen LogP contribution in [0.25, 0.3) is 0 Å². The van der Waals surface area contributed by atoms with Gasteiger partial charge in [0.2, 0.25) is 0 Å². The molecule has 0 spiro atoms. The predicted octanol–water partition coefficient (Wildman–Crippen LogP) is 1.62. The molecule has 0 aliphatic heterocycles. The zero-order valence-electron chi connectivity index (χ0n) is 10.5. The highest BCUT2D eigenvalue weighted by molar-refractivity contribution is 5.95. The first-order chi connectivity index (χ1) is 8.75. The first kappa shape index (κ1) is 14.4. The van der Waals surface area contributed by atoms with Gasteiger partial charge in [0.1, 0.15) is 11.3 Å². The van der Waals surface area contributed by atoms with Gasteiger partial charge in [-0.25, -0.2) is 9.59 Å². The van der Waals surface area contributed by atoms with E-state index in [1.54, 1.807) is 13.8 Å². The summed E-state index contributed by atoms with van der Waals surface area (Å²) in [7, 11) is 0. The minimum absolute atomic E-state index is 0.237. The summed E-state index contributed by atoms with van der Waals surface area (Å²) in [5.74, 6) is 0.731. The first-order valence-corrected chi connectivity index (χ1v) is 5.38. The van der Waals surface area contributed by atoms with E-state index >= 15 is 0 Å². The Morgan fingerprint density at radius 2 is 2.00 bits per heavy atom. The second-order valence-electron chi connectivity index (χ2n) is 4.39. The molecule has 6 heteroatoms. The van der Waals surface area contributed by atoms with Gasteiger partial charge in [-0.2, -0.15) is 0 Å². The Balaban J connectivity index is 2.84. The molecule has 100 valence electrons. The zero-order chi connectivity index (χ0) is 14.6. The van der Waals surface area contributed by atoms with Crippen LogP contribution in [0.4, 0.5) is 10.5 Å². The number of benzene rings is 1. The summed E-state index contributed by atoms with van der Waals surface area (Å²) in [6, 6.07) is 3.15. The topological polar surface area (TPSA) is 98.7 Å². The molecule has 1 aromatic rings. The van der Waals surface area contributed by atoms with Crippen LogP contribution in [0.3, 0.4) is 0 Å². The molecule has 0 atom stereocenters. The lowest BCUT2D eigenvalue weighted by atomic mass is 10.1. The summed E-state index contributed by atoms with van der Waals surface area (Å²) in [6.45, 7) is 3.29. The molecular formula is C13H14N2O4. The minimum Gasteiger partial charge on any atom is -0.507 e. The quantitative estimate of drug-likeness (QED) is 0.491. The summed E-state index contributed by atoms with van der Waals surface area (Å²) in [4.78, 5) is 22.4. The largest absolute Gasteiger partial charge is 0.507 e. The molecule has 0 unspecified atom stereocenters. The molecule has 0 radical (unpaired) electrons. The Morgan fingerprint density at radius 1 is 1.37 bits per heavy atom. The van der Waals surface area contributed by atoms with E-state index in [0.717, 1.165) is 6.07 Å². The van der Waals surface area contributed by atoms with Gasteiger partial charge in [-0.3, -0.25) is 0 Å². The monoisotopic (exact) mass is 262 g/mol. The Kier molecular flexibility index (Phi) is 4.02. The van der Waals surface area contributed by atoms with Crippen LogP contribution in [0.1, 0.15) is 24.2 Å². The van der Waals surface area contributed by atoms with Crippen LogP contribution in [-0.2, 0) is 0 Å². The number of nitrogens with one attached hydrogen (secondary N) is 2. The van der Waals surface area contributed by atoms with Gasteiger partial charge in [0.15, 0.2) is 0 Å². The normalized spacial score (nSPS) is 10.4. The number of aromatic carboxylic acids is 1. The number of urea groups is 1. The number of rotatable bonds is 3. The fourth-order valence-electron chi connectivity index (χ4n) is 1.27. The van der Waals surface area contributed by atoms with Crippen LogP contribution in [0.5, 0.6) is 5.75 Å². The number of carboxylic acid groups (broad SMARTS) is 1. The number of hydrogen-bond donors (Lipinski definition) is 4. The Bertz CT molecular complexity index is 558. The number of phenols is 1. The fraction of sp³-hybridized carbons (Fsp3) is 0.231. The molecule has 6 nitrogen and oxygen atoms in total. The van der Waals surface area contributed by atoms with Crippen molar-refractivity contribution in [3.8, 4) is 18.1 Å². The van der Waals surface area contributed by atoms with Crippen molar-refractivity contribution in [3.63, 3.8) is 0 Å². The maximum Gasteiger partial charge on any atom is 0.339 e. The molecule has 4 N–H and O–H groups in total. The number of carbonyl (C=O) groups is 2. The lowest BCUT2D eigenvalue weighted by Gasteiger charge is -2.19. The minimum atomic E-state index is -1.29. The van der Waals surface area contributed by atoms with Gasteiger partial charge in [-0.05, 0) is 32.0 Å². The highest BCUT2D eigenvalue weighted by Crippen LogP contribution is 2.21. The van der Waals surface area contributed by atoms with Crippen LogP contribution in [-0.4, -0.2) is 27.8 Å². The van der Waals surface area contributed by atoms with Crippen molar-refractivity contribution in [2.75, 3.05) is 5.32 Å². The third-order valence-corrected chi connectivity index (χ3v) is 2.27. The molecule has 1 rings (SSSR count). The SMILES string of the molecule is C#CC(C)(C)NC(=O)Nc1ccc(O)c(C(=O)O)c1. The molecule has 19 heavy (non-hydrogen) atoms. The van der Waals surface area contributed by atoms with Gasteiger partial charge in [0.25, 0.3) is 0 Å². The Hall–Kier alpha value is -2.68. The lowest BCUT2D eigenvalue weighted by Crippen LogP contribution is -2.44. The average Bonchev–Trinajstić information content (AvgIpc) is 2.30. The van der Waals surface area contributed by atoms with Crippen LogP contribution in [0.15, 0.2) is 18.2 Å². The van der Waals surface area contributed by atoms with Gasteiger partial charge in [0.05, 0.1) is 5.54 Å². The molecule has 0 aliphatic carbocycles. The van der Waals surface area contributed by atoms with Crippen LogP contribution in [0, 0.1) is 12.3 Å². The van der Waals surface area contributed by atoms with Crippen LogP contribution >= 0.6 is 0 Å². The second-order valence-corrected chi connectivity index (χ2v) is 4.39. The summed E-state index contributed by atoms with van der Waals surface area (Å²) >= 11 is 0. The maximum absolute atomic E-state index is 11.6. The highest BCUT2D eigenvalue weighted by atomic mass is 16.4. The number of carboxylic acids is 1. The fourth-order valence-corrected chi connectivity index (χ4v) is 1.27. The smallest absolute Gasteiger partial charge is 0.339 e. The van der Waals surface area contributed by atoms with E-state index in [4.69, 9.17) is 11.5 Å². The van der Waals surface area contributed by atoms with Gasteiger partial charge in [-0.15, -0.1) is 6.42 Å². The number of aromatic hydroxyl groups is 1. The van der Waals surface area contributed by atoms with E-state index in [9.17, 15) is 14.7 Å². The van der Waals surface area contributed by atoms with Crippen molar-refractivity contribution in [1.29, 1.82) is 0 Å². The van der Waals surface area contributed by atoms with Gasteiger partial charge < -0.3 is 20.8 Å². The number of amides is 2. The van der Waals surface area contributed by atoms with E-state index in [1.165, 1.54) is 12.1 Å². The van der Waals surface area contributed by atoms with E-state index in [-0.39, 0.29) is 17.0 Å². The van der Waals surface area contributed by atoms with Crippen molar-refractivity contribution >= 4 is 17.7 Å². The average molecular weight is 262 g/mol. The maximum atomic E-state index is 11.6. The van der Waals surface area contributed by atoms with Crippen molar-refractivity contribution < 1.29 is 19.8 Å². The molecule has 0 aromatic heterocycles. The lowest BCUT2D eigenvalue weighted by molar-refractivity contribution is 0.0693. The molecule has 0 aliphatic rings. The number of terminal acetylenes is 1. The van der Waals surface area contributed by atoms with Crippen LogP contribution in [0.2, 0.25) is 0 Å². The second kappa shape index (κ2) is 5.31. The van der Waals surface area contributed by atoms with Crippen molar-refractivity contribution in [2.24, 2.45) is 0 Å². The third-order valence-electron chi connectivity index (χ3n) is 2.27. The summed E-state index contributed by atoms with van der Waals surface area (Å²) in [6.07, 6.45) is 5.23. The molecule has 2 amide bonds. The van der Waals surface area contributed by atoms with Crippen molar-refractivity contribution in [3.05, 3.63) is 23.8 Å². The van der Waals surface area contributed by atoms with Gasteiger partial charge in [0, 0.05) is 5.69 Å². The molecular weight excluding hydrogens is 248 g/mol. The standard InChI is InChI=1S/C13H14N2O4/c1-4-13(2,3)15-12(19)14-8-5-6-10(16)9(7-8)11(17)18/h1,5-7,16H,2-3H3,(H,17,18)(H2,14,15,19). The van der Waals surface area contributed by atoms with Gasteiger partial charge in [-0.1, -0.05) is 5.92 Å². The summed E-state index contributed by atoms with van der Waals surface area (Å²) in [5.41, 5.74) is -0.883. The first-order valence-electron chi connectivity index (χ1n) is 5.38. The van der Waals surface area contributed by atoms with Crippen LogP contribution < -0.4 is 10.6 Å². The number of carbonyl (C=O) groups excluding carboxylic acids is 1. The van der Waals surface area contributed by atoms with Gasteiger partial charge >= 0.3 is 12.0 Å². The highest BCUT2D eigenvalue weighted by Gasteiger charge is 2.17. The third kappa shape index (κ3) is 3.92. The summed E-state index contributed by atoms with van der Waals surface area (Å²) in [5, 5.41) is 23.1. The molecule has 0 fully saturated rings. The predicted molar refractivity (Wildman–Crippen MR) is 70.1 cm³/mol. The molecule has 0 saturated carbocycles. The molecule has 0 bridgehead atoms. The van der Waals surface area contributed by atoms with E-state index in [0.29, 0.717) is 0 Å². The molecule has 0 saturated heterocycles. The van der Waals surface area contributed by atoms with E-state index < -0.39 is 17.5 Å². The Labute approximate surface area is 110 Å².